The minimum absolute atomic E-state index is 0.274. The molecule has 0 aliphatic heterocycles. The molecule has 0 saturated heterocycles. The number of nitrogens with one attached hydrogen (secondary N) is 2. The molecule has 0 spiro atoms. The van der Waals surface area contributed by atoms with Gasteiger partial charge in [0.05, 0.1) is 22.1 Å². The summed E-state index contributed by atoms with van der Waals surface area (Å²) in [5, 5.41) is 20.0. The maximum Gasteiger partial charge on any atom is 0.319 e. The molecule has 2 amide bonds. The van der Waals surface area contributed by atoms with E-state index in [4.69, 9.17) is 0 Å². The van der Waals surface area contributed by atoms with E-state index >= 15 is 0 Å². The lowest BCUT2D eigenvalue weighted by atomic mass is 10.2. The van der Waals surface area contributed by atoms with Crippen molar-refractivity contribution in [3.8, 4) is 5.69 Å². The summed E-state index contributed by atoms with van der Waals surface area (Å²) in [6.07, 6.45) is 2.19. The van der Waals surface area contributed by atoms with Crippen LogP contribution in [-0.4, -0.2) is 37.8 Å². The Morgan fingerprint density at radius 1 is 1.35 bits per heavy atom. The number of aromatic nitrogens is 5. The fraction of sp³-hybridized carbons (Fsp3) is 0.353. The van der Waals surface area contributed by atoms with Crippen LogP contribution < -0.4 is 10.6 Å². The molecule has 9 heteroatoms. The summed E-state index contributed by atoms with van der Waals surface area (Å²) < 4.78 is 1.51. The number of anilines is 1. The number of carbonyl (C=O) groups excluding carboxylic acids is 1. The average molecular weight is 371 g/mol. The average Bonchev–Trinajstić information content (AvgIpc) is 3.26. The smallest absolute Gasteiger partial charge is 0.319 e. The van der Waals surface area contributed by atoms with E-state index in [1.54, 1.807) is 11.3 Å². The summed E-state index contributed by atoms with van der Waals surface area (Å²) in [5.74, 6) is 0.427. The Balaban J connectivity index is 1.59. The Hall–Kier alpha value is -2.81. The highest BCUT2D eigenvalue weighted by Gasteiger charge is 2.10. The van der Waals surface area contributed by atoms with Crippen LogP contribution in [0.25, 0.3) is 5.69 Å². The molecule has 0 unspecified atom stereocenters. The molecule has 0 fully saturated rings. The summed E-state index contributed by atoms with van der Waals surface area (Å²) in [7, 11) is 0. The summed E-state index contributed by atoms with van der Waals surface area (Å²) >= 11 is 1.66. The van der Waals surface area contributed by atoms with Crippen LogP contribution in [0.4, 0.5) is 10.5 Å². The Bertz CT molecular complexity index is 873. The number of aryl methyl sites for hydroxylation is 1. The van der Waals surface area contributed by atoms with Crippen LogP contribution in [0.1, 0.15) is 36.0 Å². The van der Waals surface area contributed by atoms with Gasteiger partial charge in [-0.15, -0.1) is 16.4 Å². The quantitative estimate of drug-likeness (QED) is 0.694. The lowest BCUT2D eigenvalue weighted by Crippen LogP contribution is -2.31. The molecule has 2 heterocycles. The highest BCUT2D eigenvalue weighted by molar-refractivity contribution is 7.09. The molecule has 0 aliphatic carbocycles. The second-order valence-electron chi connectivity index (χ2n) is 6.24. The van der Waals surface area contributed by atoms with Gasteiger partial charge in [0.1, 0.15) is 6.33 Å². The molecule has 0 saturated carbocycles. The number of thiazole rings is 1. The lowest BCUT2D eigenvalue weighted by molar-refractivity contribution is 0.252. The number of tetrazole rings is 1. The van der Waals surface area contributed by atoms with Crippen molar-refractivity contribution >= 4 is 23.1 Å². The van der Waals surface area contributed by atoms with Gasteiger partial charge in [-0.3, -0.25) is 0 Å². The molecule has 26 heavy (non-hydrogen) atoms. The maximum absolute atomic E-state index is 12.2. The fourth-order valence-electron chi connectivity index (χ4n) is 2.39. The summed E-state index contributed by atoms with van der Waals surface area (Å²) in [5.41, 5.74) is 3.38. The summed E-state index contributed by atoms with van der Waals surface area (Å²) in [6.45, 7) is 6.72. The number of rotatable bonds is 6. The minimum atomic E-state index is -0.274. The van der Waals surface area contributed by atoms with Crippen molar-refractivity contribution in [2.45, 2.75) is 33.1 Å². The van der Waals surface area contributed by atoms with Crippen molar-refractivity contribution in [3.05, 3.63) is 46.2 Å². The van der Waals surface area contributed by atoms with E-state index in [2.05, 4.69) is 45.0 Å². The topological polar surface area (TPSA) is 97.6 Å². The maximum atomic E-state index is 12.2. The van der Waals surface area contributed by atoms with E-state index in [0.717, 1.165) is 16.3 Å². The zero-order valence-electron chi connectivity index (χ0n) is 14.9. The third kappa shape index (κ3) is 4.42. The Morgan fingerprint density at radius 3 is 2.88 bits per heavy atom. The van der Waals surface area contributed by atoms with Crippen molar-refractivity contribution in [2.75, 3.05) is 11.9 Å². The molecule has 0 radical (unpaired) electrons. The van der Waals surface area contributed by atoms with Crippen LogP contribution in [-0.2, 0) is 6.42 Å². The first-order chi connectivity index (χ1) is 12.5. The molecule has 0 bridgehead atoms. The Morgan fingerprint density at radius 2 is 2.19 bits per heavy atom. The van der Waals surface area contributed by atoms with Crippen LogP contribution in [0.3, 0.4) is 0 Å². The summed E-state index contributed by atoms with van der Waals surface area (Å²) in [4.78, 5) is 16.8. The minimum Gasteiger partial charge on any atom is -0.337 e. The normalized spacial score (nSPS) is 10.9. The van der Waals surface area contributed by atoms with Gasteiger partial charge in [-0.2, -0.15) is 4.68 Å². The van der Waals surface area contributed by atoms with Crippen LogP contribution in [0.5, 0.6) is 0 Å². The Labute approximate surface area is 155 Å². The molecule has 2 N–H and O–H groups in total. The molecule has 2 aromatic heterocycles. The largest absolute Gasteiger partial charge is 0.337 e. The van der Waals surface area contributed by atoms with Gasteiger partial charge in [-0.05, 0) is 35.0 Å². The third-order valence-electron chi connectivity index (χ3n) is 3.73. The van der Waals surface area contributed by atoms with Crippen LogP contribution >= 0.6 is 11.3 Å². The zero-order valence-corrected chi connectivity index (χ0v) is 15.7. The zero-order chi connectivity index (χ0) is 18.5. The predicted octanol–water partition coefficient (Wildman–Crippen LogP) is 2.91. The molecule has 0 aliphatic rings. The van der Waals surface area contributed by atoms with Crippen LogP contribution in [0.2, 0.25) is 0 Å². The van der Waals surface area contributed by atoms with Gasteiger partial charge in [-0.25, -0.2) is 9.78 Å². The van der Waals surface area contributed by atoms with Crippen molar-refractivity contribution in [1.29, 1.82) is 0 Å². The van der Waals surface area contributed by atoms with Gasteiger partial charge in [-0.1, -0.05) is 19.9 Å². The number of hydrogen-bond donors (Lipinski definition) is 2. The van der Waals surface area contributed by atoms with Crippen molar-refractivity contribution in [3.63, 3.8) is 0 Å². The van der Waals surface area contributed by atoms with E-state index < -0.39 is 0 Å². The SMILES string of the molecule is Cc1ccc(-n2cnnn2)c(NC(=O)NCCc2csc(C(C)C)n2)c1. The van der Waals surface area contributed by atoms with Crippen molar-refractivity contribution < 1.29 is 4.79 Å². The van der Waals surface area contributed by atoms with Crippen LogP contribution in [0.15, 0.2) is 29.9 Å². The monoisotopic (exact) mass is 371 g/mol. The van der Waals surface area contributed by atoms with Gasteiger partial charge >= 0.3 is 6.03 Å². The second kappa shape index (κ2) is 8.05. The van der Waals surface area contributed by atoms with E-state index in [1.165, 1.54) is 11.0 Å². The number of benzene rings is 1. The molecule has 8 nitrogen and oxygen atoms in total. The lowest BCUT2D eigenvalue weighted by Gasteiger charge is -2.12. The standard InChI is InChI=1S/C17H21N7OS/c1-11(2)16-20-13(9-26-16)6-7-18-17(25)21-14-8-12(3)4-5-15(14)24-10-19-22-23-24/h4-5,8-11H,6-7H2,1-3H3,(H2,18,21,25). The van der Waals surface area contributed by atoms with Crippen molar-refractivity contribution in [2.24, 2.45) is 0 Å². The predicted molar refractivity (Wildman–Crippen MR) is 101 cm³/mol. The Kier molecular flexibility index (Phi) is 5.57. The highest BCUT2D eigenvalue weighted by atomic mass is 32.1. The second-order valence-corrected chi connectivity index (χ2v) is 7.13. The van der Waals surface area contributed by atoms with Crippen molar-refractivity contribution in [1.82, 2.24) is 30.5 Å². The molecule has 3 rings (SSSR count). The highest BCUT2D eigenvalue weighted by Crippen LogP contribution is 2.21. The van der Waals surface area contributed by atoms with E-state index in [-0.39, 0.29) is 6.03 Å². The van der Waals surface area contributed by atoms with Crippen LogP contribution in [0, 0.1) is 6.92 Å². The number of hydrogen-bond acceptors (Lipinski definition) is 6. The first-order valence-corrected chi connectivity index (χ1v) is 9.24. The number of urea groups is 1. The molecule has 1 aromatic carbocycles. The van der Waals surface area contributed by atoms with E-state index in [1.807, 2.05) is 30.5 Å². The first kappa shape index (κ1) is 18.0. The molecular weight excluding hydrogens is 350 g/mol. The molecule has 3 aromatic rings. The molecule has 136 valence electrons. The fourth-order valence-corrected chi connectivity index (χ4v) is 3.26. The van der Waals surface area contributed by atoms with E-state index in [9.17, 15) is 4.79 Å². The summed E-state index contributed by atoms with van der Waals surface area (Å²) in [6, 6.07) is 5.41. The molecular formula is C17H21N7OS. The van der Waals surface area contributed by atoms with Gasteiger partial charge < -0.3 is 10.6 Å². The molecule has 0 atom stereocenters. The first-order valence-electron chi connectivity index (χ1n) is 8.36. The number of carbonyl (C=O) groups is 1. The van der Waals surface area contributed by atoms with Gasteiger partial charge in [0.15, 0.2) is 0 Å². The van der Waals surface area contributed by atoms with Gasteiger partial charge in [0.25, 0.3) is 0 Å². The number of nitrogens with zero attached hydrogens (tertiary/aromatic N) is 5. The van der Waals surface area contributed by atoms with Gasteiger partial charge in [0.2, 0.25) is 0 Å². The number of amides is 2. The van der Waals surface area contributed by atoms with Gasteiger partial charge in [0, 0.05) is 24.3 Å². The van der Waals surface area contributed by atoms with E-state index in [0.29, 0.717) is 30.3 Å². The third-order valence-corrected chi connectivity index (χ3v) is 4.92.